The van der Waals surface area contributed by atoms with Crippen molar-refractivity contribution in [3.63, 3.8) is 0 Å². The number of carbonyl (C=O) groups is 1. The Kier molecular flexibility index (Phi) is 4.85. The fourth-order valence-electron chi connectivity index (χ4n) is 1.01. The number of amides is 1. The molecule has 0 aromatic heterocycles. The van der Waals surface area contributed by atoms with Gasteiger partial charge in [0.2, 0.25) is 5.91 Å². The molecule has 0 aromatic carbocycles. The molecule has 0 aliphatic rings. The lowest BCUT2D eigenvalue weighted by atomic mass is 10.6. The maximum absolute atomic E-state index is 11.2. The number of nitrogens with zero attached hydrogens (tertiary/aromatic N) is 3. The van der Waals surface area contributed by atoms with Crippen molar-refractivity contribution >= 4 is 5.91 Å². The highest BCUT2D eigenvalue weighted by Gasteiger charge is 2.16. The molecule has 0 unspecified atom stereocenters. The van der Waals surface area contributed by atoms with Gasteiger partial charge in [-0.05, 0) is 0 Å². The van der Waals surface area contributed by atoms with E-state index >= 15 is 0 Å². The van der Waals surface area contributed by atoms with E-state index < -0.39 is 0 Å². The van der Waals surface area contributed by atoms with Gasteiger partial charge in [-0.3, -0.25) is 4.79 Å². The molecule has 0 rings (SSSR count). The third-order valence-electron chi connectivity index (χ3n) is 1.84. The van der Waals surface area contributed by atoms with Crippen LogP contribution in [0.4, 0.5) is 0 Å². The minimum Gasteiger partial charge on any atom is -0.272 e. The molecule has 0 spiro atoms. The van der Waals surface area contributed by atoms with Crippen LogP contribution in [0, 0.1) is 0 Å². The molecule has 0 aliphatic heterocycles. The van der Waals surface area contributed by atoms with E-state index in [1.165, 1.54) is 0 Å². The first-order chi connectivity index (χ1) is 5.54. The van der Waals surface area contributed by atoms with Gasteiger partial charge in [0.1, 0.15) is 0 Å². The Morgan fingerprint density at radius 3 is 1.58 bits per heavy atom. The number of hydrazine groups is 2. The second-order valence-corrected chi connectivity index (χ2v) is 2.76. The van der Waals surface area contributed by atoms with Crippen molar-refractivity contribution in [3.8, 4) is 0 Å². The zero-order chi connectivity index (χ0) is 9.72. The molecule has 0 aromatic rings. The molecule has 0 radical (unpaired) electrons. The summed E-state index contributed by atoms with van der Waals surface area (Å²) < 4.78 is 0. The van der Waals surface area contributed by atoms with Gasteiger partial charge in [-0.2, -0.15) is 0 Å². The van der Waals surface area contributed by atoms with Crippen LogP contribution in [0.2, 0.25) is 0 Å². The summed E-state index contributed by atoms with van der Waals surface area (Å²) in [5.74, 6) is 0.0451. The Morgan fingerprint density at radius 2 is 1.42 bits per heavy atom. The van der Waals surface area contributed by atoms with Crippen molar-refractivity contribution in [2.24, 2.45) is 0 Å². The molecular formula is C8H19N3O. The molecule has 0 aliphatic carbocycles. The van der Waals surface area contributed by atoms with Crippen molar-refractivity contribution < 1.29 is 4.79 Å². The maximum Gasteiger partial charge on any atom is 0.248 e. The van der Waals surface area contributed by atoms with Crippen LogP contribution >= 0.6 is 0 Å². The molecule has 4 heteroatoms. The predicted octanol–water partition coefficient (Wildman–Crippen LogP) is 0.568. The van der Waals surface area contributed by atoms with E-state index in [0.717, 1.165) is 13.1 Å². The molecule has 12 heavy (non-hydrogen) atoms. The van der Waals surface area contributed by atoms with Gasteiger partial charge < -0.3 is 0 Å². The van der Waals surface area contributed by atoms with Crippen LogP contribution in [0.1, 0.15) is 20.8 Å². The fraction of sp³-hybridized carbons (Fsp3) is 0.875. The Bertz CT molecular complexity index is 139. The lowest BCUT2D eigenvalue weighted by molar-refractivity contribution is -0.183. The topological polar surface area (TPSA) is 26.8 Å². The van der Waals surface area contributed by atoms with Crippen molar-refractivity contribution in [1.82, 2.24) is 15.1 Å². The van der Waals surface area contributed by atoms with Gasteiger partial charge in [-0.25, -0.2) is 15.1 Å². The Labute approximate surface area is 74.7 Å². The third-order valence-corrected chi connectivity index (χ3v) is 1.84. The normalized spacial score (nSPS) is 10.9. The minimum absolute atomic E-state index is 0.0451. The lowest BCUT2D eigenvalue weighted by Crippen LogP contribution is -2.52. The molecule has 0 fully saturated rings. The summed E-state index contributed by atoms with van der Waals surface area (Å²) in [6, 6.07) is 0. The largest absolute Gasteiger partial charge is 0.272 e. The van der Waals surface area contributed by atoms with E-state index in [1.54, 1.807) is 12.0 Å². The smallest absolute Gasteiger partial charge is 0.248 e. The minimum atomic E-state index is 0.0451. The molecule has 0 N–H and O–H groups in total. The average Bonchev–Trinajstić information content (AvgIpc) is 2.03. The summed E-state index contributed by atoms with van der Waals surface area (Å²) >= 11 is 0. The summed E-state index contributed by atoms with van der Waals surface area (Å²) in [6.45, 7) is 7.24. The predicted molar refractivity (Wildman–Crippen MR) is 49.1 cm³/mol. The van der Waals surface area contributed by atoms with Crippen molar-refractivity contribution in [3.05, 3.63) is 0 Å². The quantitative estimate of drug-likeness (QED) is 0.581. The molecule has 0 saturated carbocycles. The van der Waals surface area contributed by atoms with Gasteiger partial charge in [0.05, 0.1) is 0 Å². The first kappa shape index (κ1) is 11.4. The zero-order valence-corrected chi connectivity index (χ0v) is 8.66. The number of carbonyl (C=O) groups excluding carboxylic acids is 1. The highest BCUT2D eigenvalue weighted by Crippen LogP contribution is 1.99. The number of hydrogen-bond acceptors (Lipinski definition) is 3. The van der Waals surface area contributed by atoms with Crippen molar-refractivity contribution in [2.75, 3.05) is 27.2 Å². The molecular weight excluding hydrogens is 154 g/mol. The van der Waals surface area contributed by atoms with Gasteiger partial charge in [0.15, 0.2) is 0 Å². The van der Waals surface area contributed by atoms with Crippen LogP contribution < -0.4 is 0 Å². The average molecular weight is 173 g/mol. The van der Waals surface area contributed by atoms with Gasteiger partial charge >= 0.3 is 0 Å². The van der Waals surface area contributed by atoms with Gasteiger partial charge in [0.25, 0.3) is 0 Å². The number of hydrogen-bond donors (Lipinski definition) is 0. The van der Waals surface area contributed by atoms with Gasteiger partial charge in [-0.15, -0.1) is 0 Å². The molecule has 0 bridgehead atoms. The summed E-state index contributed by atoms with van der Waals surface area (Å²) in [5, 5.41) is 5.40. The second kappa shape index (κ2) is 5.11. The van der Waals surface area contributed by atoms with Crippen LogP contribution in [0.3, 0.4) is 0 Å². The summed E-state index contributed by atoms with van der Waals surface area (Å²) in [4.78, 5) is 11.2. The third kappa shape index (κ3) is 2.79. The number of rotatable bonds is 4. The Hall–Kier alpha value is -0.610. The summed E-state index contributed by atoms with van der Waals surface area (Å²) in [5.41, 5.74) is 0. The molecule has 1 amide bonds. The highest BCUT2D eigenvalue weighted by atomic mass is 16.2. The van der Waals surface area contributed by atoms with Crippen LogP contribution in [0.25, 0.3) is 0 Å². The highest BCUT2D eigenvalue weighted by molar-refractivity contribution is 5.72. The SMILES string of the molecule is CCN(C)N(C(C)=O)N(C)CC. The lowest BCUT2D eigenvalue weighted by Gasteiger charge is -2.36. The summed E-state index contributed by atoms with van der Waals surface area (Å²) in [7, 11) is 3.79. The molecule has 72 valence electrons. The maximum atomic E-state index is 11.2. The second-order valence-electron chi connectivity index (χ2n) is 2.76. The van der Waals surface area contributed by atoms with Crippen LogP contribution in [-0.2, 0) is 4.79 Å². The zero-order valence-electron chi connectivity index (χ0n) is 8.66. The standard InChI is InChI=1S/C8H19N3O/c1-6-9(4)11(8(3)12)10(5)7-2/h6-7H2,1-5H3. The Morgan fingerprint density at radius 1 is 1.08 bits per heavy atom. The monoisotopic (exact) mass is 173 g/mol. The van der Waals surface area contributed by atoms with Crippen LogP contribution in [0.5, 0.6) is 0 Å². The molecule has 4 nitrogen and oxygen atoms in total. The van der Waals surface area contributed by atoms with E-state index in [9.17, 15) is 4.79 Å². The van der Waals surface area contributed by atoms with Crippen molar-refractivity contribution in [2.45, 2.75) is 20.8 Å². The van der Waals surface area contributed by atoms with E-state index in [-0.39, 0.29) is 5.91 Å². The molecule has 0 saturated heterocycles. The first-order valence-corrected chi connectivity index (χ1v) is 4.27. The molecule has 0 atom stereocenters. The summed E-state index contributed by atoms with van der Waals surface area (Å²) in [6.07, 6.45) is 0. The Balaban J connectivity index is 4.32. The van der Waals surface area contributed by atoms with Crippen LogP contribution in [-0.4, -0.2) is 48.2 Å². The fourth-order valence-corrected chi connectivity index (χ4v) is 1.01. The van der Waals surface area contributed by atoms with Gasteiger partial charge in [0, 0.05) is 34.1 Å². The van der Waals surface area contributed by atoms with Crippen LogP contribution in [0.15, 0.2) is 0 Å². The van der Waals surface area contributed by atoms with E-state index in [2.05, 4.69) is 0 Å². The van der Waals surface area contributed by atoms with Crippen molar-refractivity contribution in [1.29, 1.82) is 0 Å². The molecule has 0 heterocycles. The van der Waals surface area contributed by atoms with Gasteiger partial charge in [-0.1, -0.05) is 13.8 Å². The van der Waals surface area contributed by atoms with E-state index in [0.29, 0.717) is 0 Å². The van der Waals surface area contributed by atoms with E-state index in [4.69, 9.17) is 0 Å². The van der Waals surface area contributed by atoms with E-state index in [1.807, 2.05) is 38.0 Å². The first-order valence-electron chi connectivity index (χ1n) is 4.27.